The zero-order chi connectivity index (χ0) is 12.9. The van der Waals surface area contributed by atoms with Crippen LogP contribution in [0, 0.1) is 0 Å². The van der Waals surface area contributed by atoms with Gasteiger partial charge in [0.2, 0.25) is 0 Å². The van der Waals surface area contributed by atoms with Crippen molar-refractivity contribution in [3.05, 3.63) is 91.0 Å². The van der Waals surface area contributed by atoms with E-state index >= 15 is 0 Å². The standard InChI is InChI=1S/C18H15P.Sb/c1-4-10-16(11-5-1)19(17-12-6-2-7-13-17)18-14-8-3-9-15-18;/h1-15H;/q;+3. The summed E-state index contributed by atoms with van der Waals surface area (Å²) in [6, 6.07) is 32.3. The van der Waals surface area contributed by atoms with E-state index in [1.165, 1.54) is 15.9 Å². The molecule has 3 aromatic rings. The minimum atomic E-state index is -0.446. The van der Waals surface area contributed by atoms with Crippen LogP contribution in [0.2, 0.25) is 0 Å². The number of hydrogen-bond donors (Lipinski definition) is 0. The molecule has 0 aliphatic rings. The summed E-state index contributed by atoms with van der Waals surface area (Å²) in [6.07, 6.45) is 0. The molecule has 0 heterocycles. The van der Waals surface area contributed by atoms with E-state index in [1.54, 1.807) is 0 Å². The van der Waals surface area contributed by atoms with Crippen molar-refractivity contribution in [1.29, 1.82) is 0 Å². The molecule has 94 valence electrons. The molecule has 0 aliphatic carbocycles. The van der Waals surface area contributed by atoms with E-state index in [2.05, 4.69) is 91.0 Å². The summed E-state index contributed by atoms with van der Waals surface area (Å²) in [6.45, 7) is 0. The Kier molecular flexibility index (Phi) is 5.83. The Morgan fingerprint density at radius 2 is 0.650 bits per heavy atom. The van der Waals surface area contributed by atoms with Gasteiger partial charge in [0.15, 0.2) is 0 Å². The molecule has 0 fully saturated rings. The topological polar surface area (TPSA) is 0 Å². The molecule has 0 bridgehead atoms. The molecule has 0 saturated heterocycles. The summed E-state index contributed by atoms with van der Waals surface area (Å²) in [5.74, 6) is 0. The van der Waals surface area contributed by atoms with Crippen LogP contribution in [0.4, 0.5) is 0 Å². The molecular formula is C18H15PSb+3. The average Bonchev–Trinajstić information content (AvgIpc) is 2.51. The van der Waals surface area contributed by atoms with E-state index in [0.29, 0.717) is 0 Å². The normalized spacial score (nSPS) is 10.1. The third-order valence-corrected chi connectivity index (χ3v) is 5.49. The van der Waals surface area contributed by atoms with E-state index in [0.717, 1.165) is 0 Å². The van der Waals surface area contributed by atoms with Crippen LogP contribution in [0.25, 0.3) is 0 Å². The molecule has 0 N–H and O–H groups in total. The molecule has 0 amide bonds. The Hall–Kier alpha value is -1.09. The maximum atomic E-state index is 2.23. The minimum Gasteiger partial charge on any atom is -0.0622 e. The van der Waals surface area contributed by atoms with Crippen LogP contribution in [0.5, 0.6) is 0 Å². The van der Waals surface area contributed by atoms with Crippen molar-refractivity contribution in [2.24, 2.45) is 0 Å². The van der Waals surface area contributed by atoms with Gasteiger partial charge in [-0.2, -0.15) is 0 Å². The van der Waals surface area contributed by atoms with Crippen LogP contribution in [-0.2, 0) is 0 Å². The molecule has 0 aliphatic heterocycles. The maximum Gasteiger partial charge on any atom is 3.00 e. The number of rotatable bonds is 3. The SMILES string of the molecule is [Sb+3].c1ccc(P(c2ccccc2)c2ccccc2)cc1. The van der Waals surface area contributed by atoms with Crippen molar-refractivity contribution >= 4 is 48.3 Å². The van der Waals surface area contributed by atoms with Crippen LogP contribution in [-0.4, -0.2) is 24.4 Å². The molecule has 2 radical (unpaired) electrons. The van der Waals surface area contributed by atoms with Gasteiger partial charge < -0.3 is 0 Å². The van der Waals surface area contributed by atoms with Gasteiger partial charge in [0.25, 0.3) is 0 Å². The summed E-state index contributed by atoms with van der Waals surface area (Å²) < 4.78 is 0. The quantitative estimate of drug-likeness (QED) is 0.481. The first-order chi connectivity index (χ1) is 9.45. The van der Waals surface area contributed by atoms with Gasteiger partial charge in [-0.25, -0.2) is 0 Å². The average molecular weight is 384 g/mol. The first-order valence-electron chi connectivity index (χ1n) is 6.40. The molecule has 0 unspecified atom stereocenters. The molecule has 0 saturated carbocycles. The molecule has 3 rings (SSSR count). The van der Waals surface area contributed by atoms with Gasteiger partial charge in [-0.15, -0.1) is 0 Å². The largest absolute Gasteiger partial charge is 3.00 e. The van der Waals surface area contributed by atoms with E-state index < -0.39 is 7.92 Å². The zero-order valence-corrected chi connectivity index (χ0v) is 14.5. The Labute approximate surface area is 139 Å². The Morgan fingerprint density at radius 1 is 0.400 bits per heavy atom. The van der Waals surface area contributed by atoms with Crippen molar-refractivity contribution in [3.8, 4) is 0 Å². The van der Waals surface area contributed by atoms with Gasteiger partial charge in [0.1, 0.15) is 0 Å². The Morgan fingerprint density at radius 3 is 0.900 bits per heavy atom. The molecule has 3 aromatic carbocycles. The van der Waals surface area contributed by atoms with Gasteiger partial charge in [-0.1, -0.05) is 91.0 Å². The minimum absolute atomic E-state index is 0. The second-order valence-corrected chi connectivity index (χ2v) is 6.56. The first-order valence-corrected chi connectivity index (χ1v) is 7.74. The van der Waals surface area contributed by atoms with Crippen molar-refractivity contribution in [2.45, 2.75) is 0 Å². The van der Waals surface area contributed by atoms with Crippen LogP contribution < -0.4 is 15.9 Å². The van der Waals surface area contributed by atoms with Crippen molar-refractivity contribution in [2.75, 3.05) is 0 Å². The van der Waals surface area contributed by atoms with E-state index in [1.807, 2.05) is 0 Å². The third-order valence-electron chi connectivity index (χ3n) is 3.04. The second-order valence-electron chi connectivity index (χ2n) is 4.34. The molecule has 0 atom stereocenters. The Bertz CT molecular complexity index is 529. The molecule has 20 heavy (non-hydrogen) atoms. The summed E-state index contributed by atoms with van der Waals surface area (Å²) in [4.78, 5) is 0. The van der Waals surface area contributed by atoms with Crippen LogP contribution in [0.1, 0.15) is 0 Å². The summed E-state index contributed by atoms with van der Waals surface area (Å²) in [7, 11) is -0.446. The van der Waals surface area contributed by atoms with Crippen molar-refractivity contribution in [3.63, 3.8) is 0 Å². The molecule has 0 nitrogen and oxygen atoms in total. The molecule has 0 spiro atoms. The first kappa shape index (κ1) is 15.3. The predicted octanol–water partition coefficient (Wildman–Crippen LogP) is 3.06. The van der Waals surface area contributed by atoms with Gasteiger partial charge in [-0.3, -0.25) is 0 Å². The predicted molar refractivity (Wildman–Crippen MR) is 90.9 cm³/mol. The van der Waals surface area contributed by atoms with Gasteiger partial charge in [-0.05, 0) is 23.8 Å². The second kappa shape index (κ2) is 7.63. The van der Waals surface area contributed by atoms with Gasteiger partial charge in [0.05, 0.1) is 0 Å². The van der Waals surface area contributed by atoms with E-state index in [4.69, 9.17) is 0 Å². The summed E-state index contributed by atoms with van der Waals surface area (Å²) in [5.41, 5.74) is 0. The third kappa shape index (κ3) is 3.51. The monoisotopic (exact) mass is 383 g/mol. The van der Waals surface area contributed by atoms with Crippen LogP contribution >= 0.6 is 7.92 Å². The number of hydrogen-bond acceptors (Lipinski definition) is 0. The fourth-order valence-corrected chi connectivity index (χ4v) is 4.48. The smallest absolute Gasteiger partial charge is 0.0622 e. The maximum absolute atomic E-state index is 2.23. The fourth-order valence-electron chi connectivity index (χ4n) is 2.18. The number of benzene rings is 3. The molecule has 2 heteroatoms. The summed E-state index contributed by atoms with van der Waals surface area (Å²) in [5, 5.41) is 4.19. The molecule has 0 aromatic heterocycles. The fraction of sp³-hybridized carbons (Fsp3) is 0. The van der Waals surface area contributed by atoms with E-state index in [-0.39, 0.29) is 24.4 Å². The van der Waals surface area contributed by atoms with Crippen LogP contribution in [0.3, 0.4) is 0 Å². The van der Waals surface area contributed by atoms with Crippen LogP contribution in [0.15, 0.2) is 91.0 Å². The van der Waals surface area contributed by atoms with E-state index in [9.17, 15) is 0 Å². The van der Waals surface area contributed by atoms with Crippen molar-refractivity contribution in [1.82, 2.24) is 0 Å². The van der Waals surface area contributed by atoms with Crippen molar-refractivity contribution < 1.29 is 0 Å². The summed E-state index contributed by atoms with van der Waals surface area (Å²) >= 11 is 0. The molecular weight excluding hydrogens is 369 g/mol. The zero-order valence-electron chi connectivity index (χ0n) is 11.1. The Balaban J connectivity index is 0.00000147. The van der Waals surface area contributed by atoms with Gasteiger partial charge >= 0.3 is 24.4 Å². The van der Waals surface area contributed by atoms with Gasteiger partial charge in [0, 0.05) is 0 Å².